The van der Waals surface area contributed by atoms with E-state index in [2.05, 4.69) is 30.4 Å². The molecule has 2 amide bonds. The summed E-state index contributed by atoms with van der Waals surface area (Å²) in [6.07, 6.45) is 2.39. The number of carbonyl (C=O) groups is 2. The fraction of sp³-hybridized carbons (Fsp3) is 0.619. The number of nitrogens with zero attached hydrogens (tertiary/aromatic N) is 1. The second kappa shape index (κ2) is 7.03. The predicted octanol–water partition coefficient (Wildman–Crippen LogP) is 2.81. The van der Waals surface area contributed by atoms with Gasteiger partial charge in [0.2, 0.25) is 11.8 Å². The SMILES string of the molecule is CC(=O)NC1(C2(OCc3cccc(C)c3)CC2)CN(C(=O)CC(C)C)C1. The summed E-state index contributed by atoms with van der Waals surface area (Å²) in [4.78, 5) is 26.0. The molecular formula is C21H30N2O3. The van der Waals surface area contributed by atoms with Gasteiger partial charge in [0.25, 0.3) is 0 Å². The molecule has 1 saturated heterocycles. The highest BCUT2D eigenvalue weighted by Gasteiger charge is 2.66. The molecule has 0 aromatic heterocycles. The molecule has 0 spiro atoms. The van der Waals surface area contributed by atoms with Crippen molar-refractivity contribution in [3.05, 3.63) is 35.4 Å². The Bertz CT molecular complexity index is 688. The van der Waals surface area contributed by atoms with E-state index in [1.54, 1.807) is 0 Å². The summed E-state index contributed by atoms with van der Waals surface area (Å²) >= 11 is 0. The summed E-state index contributed by atoms with van der Waals surface area (Å²) in [5.74, 6) is 0.438. The third kappa shape index (κ3) is 3.78. The Kier molecular flexibility index (Phi) is 5.11. The molecule has 1 aliphatic heterocycles. The second-order valence-corrected chi connectivity index (χ2v) is 8.38. The van der Waals surface area contributed by atoms with Gasteiger partial charge in [-0.2, -0.15) is 0 Å². The zero-order valence-corrected chi connectivity index (χ0v) is 16.3. The van der Waals surface area contributed by atoms with Crippen LogP contribution in [0.4, 0.5) is 0 Å². The number of aryl methyl sites for hydroxylation is 1. The minimum atomic E-state index is -0.449. The minimum absolute atomic E-state index is 0.0635. The van der Waals surface area contributed by atoms with E-state index < -0.39 is 5.54 Å². The van der Waals surface area contributed by atoms with Crippen LogP contribution in [-0.4, -0.2) is 40.9 Å². The predicted molar refractivity (Wildman–Crippen MR) is 101 cm³/mol. The van der Waals surface area contributed by atoms with Gasteiger partial charge in [0.05, 0.1) is 12.2 Å². The first-order chi connectivity index (χ1) is 12.3. The topological polar surface area (TPSA) is 58.6 Å². The van der Waals surface area contributed by atoms with Crippen LogP contribution in [0.1, 0.15) is 51.2 Å². The summed E-state index contributed by atoms with van der Waals surface area (Å²) in [6, 6.07) is 8.29. The van der Waals surface area contributed by atoms with Gasteiger partial charge >= 0.3 is 0 Å². The van der Waals surface area contributed by atoms with Crippen molar-refractivity contribution in [1.29, 1.82) is 0 Å². The minimum Gasteiger partial charge on any atom is -0.368 e. The van der Waals surface area contributed by atoms with Crippen molar-refractivity contribution in [3.63, 3.8) is 0 Å². The number of benzene rings is 1. The van der Waals surface area contributed by atoms with Gasteiger partial charge < -0.3 is 15.0 Å². The van der Waals surface area contributed by atoms with Crippen LogP contribution in [0.3, 0.4) is 0 Å². The molecule has 2 fully saturated rings. The van der Waals surface area contributed by atoms with E-state index in [1.807, 2.05) is 24.8 Å². The molecule has 1 aromatic rings. The monoisotopic (exact) mass is 358 g/mol. The average Bonchev–Trinajstić information content (AvgIpc) is 3.29. The Morgan fingerprint density at radius 1 is 1.27 bits per heavy atom. The number of amides is 2. The fourth-order valence-electron chi connectivity index (χ4n) is 3.98. The van der Waals surface area contributed by atoms with Crippen molar-refractivity contribution in [3.8, 4) is 0 Å². The van der Waals surface area contributed by atoms with Crippen LogP contribution >= 0.6 is 0 Å². The summed E-state index contributed by atoms with van der Waals surface area (Å²) in [5, 5.41) is 3.12. The molecule has 5 heteroatoms. The average molecular weight is 358 g/mol. The molecule has 0 unspecified atom stereocenters. The van der Waals surface area contributed by atoms with E-state index in [0.717, 1.165) is 18.4 Å². The standard InChI is InChI=1S/C21H30N2O3/c1-15(2)10-19(25)23-13-20(14-23,22-17(4)24)21(8-9-21)26-12-18-7-5-6-16(3)11-18/h5-7,11,15H,8-10,12-14H2,1-4H3,(H,22,24). The van der Waals surface area contributed by atoms with Crippen LogP contribution in [0.25, 0.3) is 0 Å². The molecule has 26 heavy (non-hydrogen) atoms. The van der Waals surface area contributed by atoms with Crippen LogP contribution in [0.2, 0.25) is 0 Å². The van der Waals surface area contributed by atoms with E-state index in [4.69, 9.17) is 4.74 Å². The summed E-state index contributed by atoms with van der Waals surface area (Å²) in [5.41, 5.74) is 1.55. The molecule has 1 heterocycles. The maximum atomic E-state index is 12.3. The highest BCUT2D eigenvalue weighted by Crippen LogP contribution is 2.52. The van der Waals surface area contributed by atoms with Crippen molar-refractivity contribution >= 4 is 11.8 Å². The number of carbonyl (C=O) groups excluding carboxylic acids is 2. The molecule has 0 radical (unpaired) electrons. The van der Waals surface area contributed by atoms with Gasteiger partial charge in [-0.05, 0) is 31.2 Å². The first kappa shape index (κ1) is 18.9. The molecule has 0 atom stereocenters. The third-order valence-electron chi connectivity index (χ3n) is 5.45. The molecule has 5 nitrogen and oxygen atoms in total. The van der Waals surface area contributed by atoms with E-state index >= 15 is 0 Å². The molecule has 0 bridgehead atoms. The van der Waals surface area contributed by atoms with Crippen molar-refractivity contribution in [2.45, 2.75) is 64.7 Å². The van der Waals surface area contributed by atoms with Gasteiger partial charge in [0.15, 0.2) is 0 Å². The highest BCUT2D eigenvalue weighted by molar-refractivity contribution is 5.80. The molecule has 3 rings (SSSR count). The summed E-state index contributed by atoms with van der Waals surface area (Å²) < 4.78 is 6.35. The smallest absolute Gasteiger partial charge is 0.222 e. The van der Waals surface area contributed by atoms with Gasteiger partial charge in [-0.1, -0.05) is 43.7 Å². The quantitative estimate of drug-likeness (QED) is 0.815. The number of hydrogen-bond donors (Lipinski definition) is 1. The van der Waals surface area contributed by atoms with Crippen molar-refractivity contribution in [1.82, 2.24) is 10.2 Å². The second-order valence-electron chi connectivity index (χ2n) is 8.38. The molecule has 142 valence electrons. The largest absolute Gasteiger partial charge is 0.368 e. The van der Waals surface area contributed by atoms with Crippen LogP contribution in [-0.2, 0) is 20.9 Å². The van der Waals surface area contributed by atoms with Gasteiger partial charge in [0, 0.05) is 26.4 Å². The lowest BCUT2D eigenvalue weighted by molar-refractivity contribution is -0.158. The van der Waals surface area contributed by atoms with Gasteiger partial charge in [-0.25, -0.2) is 0 Å². The van der Waals surface area contributed by atoms with Crippen molar-refractivity contribution in [2.75, 3.05) is 13.1 Å². The lowest BCUT2D eigenvalue weighted by Crippen LogP contribution is -2.77. The zero-order chi connectivity index (χ0) is 18.9. The molecule has 1 aliphatic carbocycles. The van der Waals surface area contributed by atoms with Crippen LogP contribution < -0.4 is 5.32 Å². The maximum absolute atomic E-state index is 12.3. The Hall–Kier alpha value is -1.88. The van der Waals surface area contributed by atoms with Crippen LogP contribution in [0, 0.1) is 12.8 Å². The van der Waals surface area contributed by atoms with Gasteiger partial charge in [-0.15, -0.1) is 0 Å². The molecule has 2 aliphatic rings. The Morgan fingerprint density at radius 2 is 1.96 bits per heavy atom. The molecule has 1 aromatic carbocycles. The first-order valence-corrected chi connectivity index (χ1v) is 9.51. The van der Waals surface area contributed by atoms with Crippen molar-refractivity contribution in [2.24, 2.45) is 5.92 Å². The van der Waals surface area contributed by atoms with E-state index in [0.29, 0.717) is 32.0 Å². The summed E-state index contributed by atoms with van der Waals surface area (Å²) in [6.45, 7) is 9.33. The van der Waals surface area contributed by atoms with Crippen LogP contribution in [0.15, 0.2) is 24.3 Å². The lowest BCUT2D eigenvalue weighted by atomic mass is 9.80. The zero-order valence-electron chi connectivity index (χ0n) is 16.3. The van der Waals surface area contributed by atoms with Crippen molar-refractivity contribution < 1.29 is 14.3 Å². The fourth-order valence-corrected chi connectivity index (χ4v) is 3.98. The Morgan fingerprint density at radius 3 is 2.50 bits per heavy atom. The molecular weight excluding hydrogens is 328 g/mol. The van der Waals surface area contributed by atoms with Gasteiger partial charge in [-0.3, -0.25) is 9.59 Å². The number of likely N-dealkylation sites (tertiary alicyclic amines) is 1. The third-order valence-corrected chi connectivity index (χ3v) is 5.45. The number of rotatable bonds is 7. The van der Waals surface area contributed by atoms with Crippen LogP contribution in [0.5, 0.6) is 0 Å². The first-order valence-electron chi connectivity index (χ1n) is 9.51. The normalized spacial score (nSPS) is 19.8. The van der Waals surface area contributed by atoms with E-state index in [1.165, 1.54) is 12.5 Å². The van der Waals surface area contributed by atoms with E-state index in [9.17, 15) is 9.59 Å². The number of nitrogens with one attached hydrogen (secondary N) is 1. The summed E-state index contributed by atoms with van der Waals surface area (Å²) in [7, 11) is 0. The van der Waals surface area contributed by atoms with Gasteiger partial charge in [0.1, 0.15) is 5.54 Å². The number of ether oxygens (including phenoxy) is 1. The highest BCUT2D eigenvalue weighted by atomic mass is 16.5. The molecule has 1 N–H and O–H groups in total. The lowest BCUT2D eigenvalue weighted by Gasteiger charge is -2.54. The number of hydrogen-bond acceptors (Lipinski definition) is 3. The Labute approximate surface area is 156 Å². The maximum Gasteiger partial charge on any atom is 0.222 e. The van der Waals surface area contributed by atoms with E-state index in [-0.39, 0.29) is 17.4 Å². The Balaban J connectivity index is 1.68. The molecule has 1 saturated carbocycles.